The normalized spacial score (nSPS) is 29.9. The lowest BCUT2D eigenvalue weighted by atomic mass is 10.1. The maximum Gasteiger partial charge on any atom is 0.145 e. The van der Waals surface area contributed by atoms with Crippen molar-refractivity contribution in [1.82, 2.24) is 0 Å². The third-order valence-electron chi connectivity index (χ3n) is 1.64. The summed E-state index contributed by atoms with van der Waals surface area (Å²) in [7, 11) is 0. The van der Waals surface area contributed by atoms with Crippen molar-refractivity contribution >= 4 is 17.5 Å². The topological polar surface area (TPSA) is 17.1 Å². The third kappa shape index (κ3) is 2.01. The molecule has 1 aliphatic rings. The Balaban J connectivity index is 2.41. The lowest BCUT2D eigenvalue weighted by Crippen LogP contribution is -2.10. The summed E-state index contributed by atoms with van der Waals surface area (Å²) in [6, 6.07) is 0. The molecule has 0 bridgehead atoms. The van der Waals surface area contributed by atoms with Crippen LogP contribution in [0.1, 0.15) is 26.2 Å². The molecule has 1 saturated heterocycles. The number of carbonyl (C=O) groups excluding carboxylic acids is 1. The van der Waals surface area contributed by atoms with Gasteiger partial charge in [0.1, 0.15) is 5.78 Å². The second-order valence-corrected chi connectivity index (χ2v) is 3.89. The van der Waals surface area contributed by atoms with Gasteiger partial charge >= 0.3 is 0 Å². The molecule has 0 N–H and O–H groups in total. The van der Waals surface area contributed by atoms with Crippen LogP contribution in [-0.4, -0.2) is 16.8 Å². The van der Waals surface area contributed by atoms with Crippen molar-refractivity contribution in [2.75, 3.05) is 5.75 Å². The van der Waals surface area contributed by atoms with Gasteiger partial charge in [-0.2, -0.15) is 11.8 Å². The van der Waals surface area contributed by atoms with Crippen LogP contribution in [-0.2, 0) is 4.79 Å². The highest BCUT2D eigenvalue weighted by Crippen LogP contribution is 2.20. The van der Waals surface area contributed by atoms with Gasteiger partial charge in [0.05, 0.1) is 5.25 Å². The second-order valence-electron chi connectivity index (χ2n) is 2.44. The number of Topliss-reactive ketones (excluding diaryl/α,β-unsaturated/α-hetero) is 1. The van der Waals surface area contributed by atoms with E-state index in [9.17, 15) is 4.79 Å². The van der Waals surface area contributed by atoms with Gasteiger partial charge < -0.3 is 0 Å². The van der Waals surface area contributed by atoms with E-state index in [-0.39, 0.29) is 5.25 Å². The SMILES string of the molecule is CC1SCCCCC1=O. The molecule has 0 radical (unpaired) electrons. The van der Waals surface area contributed by atoms with Gasteiger partial charge in [0.2, 0.25) is 0 Å². The van der Waals surface area contributed by atoms with Crippen molar-refractivity contribution < 1.29 is 4.79 Å². The van der Waals surface area contributed by atoms with Crippen molar-refractivity contribution in [3.8, 4) is 0 Å². The van der Waals surface area contributed by atoms with Crippen LogP contribution in [0.2, 0.25) is 0 Å². The smallest absolute Gasteiger partial charge is 0.145 e. The van der Waals surface area contributed by atoms with Gasteiger partial charge in [0.15, 0.2) is 0 Å². The summed E-state index contributed by atoms with van der Waals surface area (Å²) in [4.78, 5) is 11.0. The fourth-order valence-electron chi connectivity index (χ4n) is 0.958. The molecule has 52 valence electrons. The molecule has 1 rings (SSSR count). The van der Waals surface area contributed by atoms with Crippen LogP contribution in [0.15, 0.2) is 0 Å². The average molecular weight is 144 g/mol. The summed E-state index contributed by atoms with van der Waals surface area (Å²) >= 11 is 1.80. The van der Waals surface area contributed by atoms with Crippen molar-refractivity contribution in [1.29, 1.82) is 0 Å². The molecule has 1 heterocycles. The zero-order valence-corrected chi connectivity index (χ0v) is 6.54. The molecule has 1 nitrogen and oxygen atoms in total. The number of ketones is 1. The molecule has 0 aromatic carbocycles. The highest BCUT2D eigenvalue weighted by atomic mass is 32.2. The van der Waals surface area contributed by atoms with Crippen LogP contribution < -0.4 is 0 Å². The number of thioether (sulfide) groups is 1. The maximum absolute atomic E-state index is 11.0. The van der Waals surface area contributed by atoms with E-state index in [1.807, 2.05) is 6.92 Å². The minimum absolute atomic E-state index is 0.271. The van der Waals surface area contributed by atoms with Gasteiger partial charge in [-0.1, -0.05) is 0 Å². The van der Waals surface area contributed by atoms with E-state index in [0.717, 1.165) is 12.8 Å². The molecule has 0 aliphatic carbocycles. The second kappa shape index (κ2) is 3.25. The highest BCUT2D eigenvalue weighted by Gasteiger charge is 2.15. The van der Waals surface area contributed by atoms with E-state index in [1.54, 1.807) is 11.8 Å². The van der Waals surface area contributed by atoms with Crippen molar-refractivity contribution in [3.05, 3.63) is 0 Å². The average Bonchev–Trinajstić information content (AvgIpc) is 1.99. The predicted molar refractivity (Wildman–Crippen MR) is 40.8 cm³/mol. The predicted octanol–water partition coefficient (Wildman–Crippen LogP) is 1.86. The molecule has 1 atom stereocenters. The van der Waals surface area contributed by atoms with Gasteiger partial charge in [-0.25, -0.2) is 0 Å². The molecule has 9 heavy (non-hydrogen) atoms. The molecule has 0 aromatic rings. The largest absolute Gasteiger partial charge is 0.298 e. The Morgan fingerprint density at radius 3 is 3.11 bits per heavy atom. The first-order valence-electron chi connectivity index (χ1n) is 3.45. The minimum atomic E-state index is 0.271. The zero-order chi connectivity index (χ0) is 6.69. The van der Waals surface area contributed by atoms with Gasteiger partial charge in [-0.05, 0) is 25.5 Å². The van der Waals surface area contributed by atoms with Crippen molar-refractivity contribution in [2.24, 2.45) is 0 Å². The number of rotatable bonds is 0. The Bertz CT molecular complexity index is 111. The zero-order valence-electron chi connectivity index (χ0n) is 5.72. The molecule has 0 saturated carbocycles. The molecule has 0 amide bonds. The van der Waals surface area contributed by atoms with Crippen LogP contribution in [0.4, 0.5) is 0 Å². The number of hydrogen-bond donors (Lipinski definition) is 0. The van der Waals surface area contributed by atoms with Crippen LogP contribution in [0.5, 0.6) is 0 Å². The number of carbonyl (C=O) groups is 1. The molecule has 2 heteroatoms. The first-order chi connectivity index (χ1) is 4.30. The van der Waals surface area contributed by atoms with E-state index < -0.39 is 0 Å². The molecule has 0 aromatic heterocycles. The first-order valence-corrected chi connectivity index (χ1v) is 4.50. The molecule has 0 spiro atoms. The molecular formula is C7H12OS. The molecular weight excluding hydrogens is 132 g/mol. The summed E-state index contributed by atoms with van der Waals surface area (Å²) in [5.74, 6) is 1.62. The lowest BCUT2D eigenvalue weighted by molar-refractivity contribution is -0.118. The Hall–Kier alpha value is 0.0200. The Labute approximate surface area is 60.2 Å². The summed E-state index contributed by atoms with van der Waals surface area (Å²) in [6.07, 6.45) is 3.14. The van der Waals surface area contributed by atoms with Crippen LogP contribution in [0, 0.1) is 0 Å². The fourth-order valence-corrected chi connectivity index (χ4v) is 1.99. The first kappa shape index (κ1) is 7.13. The number of hydrogen-bond acceptors (Lipinski definition) is 2. The van der Waals surface area contributed by atoms with E-state index in [4.69, 9.17) is 0 Å². The summed E-state index contributed by atoms with van der Waals surface area (Å²) in [6.45, 7) is 2.01. The monoisotopic (exact) mass is 144 g/mol. The van der Waals surface area contributed by atoms with Gasteiger partial charge in [-0.15, -0.1) is 0 Å². The maximum atomic E-state index is 11.0. The molecule has 1 aliphatic heterocycles. The summed E-state index contributed by atoms with van der Waals surface area (Å²) < 4.78 is 0. The quantitative estimate of drug-likeness (QED) is 0.516. The van der Waals surface area contributed by atoms with Crippen LogP contribution in [0.25, 0.3) is 0 Å². The van der Waals surface area contributed by atoms with Crippen molar-refractivity contribution in [3.63, 3.8) is 0 Å². The minimum Gasteiger partial charge on any atom is -0.298 e. The van der Waals surface area contributed by atoms with Gasteiger partial charge in [0.25, 0.3) is 0 Å². The molecule has 1 unspecified atom stereocenters. The van der Waals surface area contributed by atoms with Crippen LogP contribution >= 0.6 is 11.8 Å². The van der Waals surface area contributed by atoms with Crippen LogP contribution in [0.3, 0.4) is 0 Å². The van der Waals surface area contributed by atoms with Gasteiger partial charge in [-0.3, -0.25) is 4.79 Å². The summed E-state index contributed by atoms with van der Waals surface area (Å²) in [5, 5.41) is 0.271. The highest BCUT2D eigenvalue weighted by molar-refractivity contribution is 8.00. The van der Waals surface area contributed by atoms with E-state index >= 15 is 0 Å². The van der Waals surface area contributed by atoms with E-state index in [1.165, 1.54) is 12.2 Å². The third-order valence-corrected chi connectivity index (χ3v) is 2.93. The Morgan fingerprint density at radius 2 is 2.33 bits per heavy atom. The van der Waals surface area contributed by atoms with Crippen molar-refractivity contribution in [2.45, 2.75) is 31.4 Å². The standard InChI is InChI=1S/C7H12OS/c1-6-7(8)4-2-3-5-9-6/h6H,2-5H2,1H3. The molecule has 1 fully saturated rings. The fraction of sp³-hybridized carbons (Fsp3) is 0.857. The van der Waals surface area contributed by atoms with Gasteiger partial charge in [0, 0.05) is 6.42 Å². The Kier molecular flexibility index (Phi) is 2.58. The van der Waals surface area contributed by atoms with E-state index in [2.05, 4.69) is 0 Å². The lowest BCUT2D eigenvalue weighted by Gasteiger charge is -2.02. The van der Waals surface area contributed by atoms with E-state index in [0.29, 0.717) is 5.78 Å². The summed E-state index contributed by atoms with van der Waals surface area (Å²) in [5.41, 5.74) is 0. The Morgan fingerprint density at radius 1 is 1.56 bits per heavy atom.